The number of hydrogen-bond donors (Lipinski definition) is 1. The summed E-state index contributed by atoms with van der Waals surface area (Å²) in [5, 5.41) is 1.94. The summed E-state index contributed by atoms with van der Waals surface area (Å²) in [6.45, 7) is 1.67. The molecule has 0 aliphatic rings. The lowest BCUT2D eigenvalue weighted by atomic mass is 10.2. The second-order valence-electron chi connectivity index (χ2n) is 3.25. The molecule has 1 aromatic rings. The summed E-state index contributed by atoms with van der Waals surface area (Å²) in [5.74, 6) is -1.96. The number of amides is 1. The predicted molar refractivity (Wildman–Crippen MR) is 57.4 cm³/mol. The van der Waals surface area contributed by atoms with Gasteiger partial charge in [-0.3, -0.25) is 4.79 Å². The SMILES string of the molecule is COc1cc(C)c(Cl)cc1NC(=O)C(F)(F)F. The summed E-state index contributed by atoms with van der Waals surface area (Å²) in [6, 6.07) is 2.65. The largest absolute Gasteiger partial charge is 0.495 e. The van der Waals surface area contributed by atoms with Crippen LogP contribution in [0, 0.1) is 6.92 Å². The number of carbonyl (C=O) groups is 1. The van der Waals surface area contributed by atoms with Crippen molar-refractivity contribution in [2.75, 3.05) is 12.4 Å². The Kier molecular flexibility index (Phi) is 3.87. The maximum absolute atomic E-state index is 12.1. The molecule has 0 heterocycles. The molecule has 0 unspecified atom stereocenters. The molecule has 1 rings (SSSR count). The molecule has 0 aromatic heterocycles. The van der Waals surface area contributed by atoms with Gasteiger partial charge in [0.25, 0.3) is 0 Å². The van der Waals surface area contributed by atoms with Crippen LogP contribution in [0.4, 0.5) is 18.9 Å². The maximum Gasteiger partial charge on any atom is 0.471 e. The standard InChI is InChI=1S/C10H9ClF3NO2/c1-5-3-8(17-2)7(4-6(5)11)15-9(16)10(12,13)14/h3-4H,1-2H3,(H,15,16). The fourth-order valence-corrected chi connectivity index (χ4v) is 1.28. The van der Waals surface area contributed by atoms with Gasteiger partial charge in [-0.2, -0.15) is 13.2 Å². The molecular formula is C10H9ClF3NO2. The van der Waals surface area contributed by atoms with Gasteiger partial charge in [-0.15, -0.1) is 0 Å². The first kappa shape index (κ1) is 13.6. The van der Waals surface area contributed by atoms with Crippen LogP contribution in [0.15, 0.2) is 12.1 Å². The number of anilines is 1. The quantitative estimate of drug-likeness (QED) is 0.894. The summed E-state index contributed by atoms with van der Waals surface area (Å²) in [6.07, 6.45) is -4.96. The molecule has 17 heavy (non-hydrogen) atoms. The molecule has 0 radical (unpaired) electrons. The third-order valence-corrected chi connectivity index (χ3v) is 2.39. The van der Waals surface area contributed by atoms with E-state index in [0.29, 0.717) is 5.56 Å². The number of alkyl halides is 3. The molecule has 0 bridgehead atoms. The molecule has 0 spiro atoms. The van der Waals surface area contributed by atoms with E-state index >= 15 is 0 Å². The minimum atomic E-state index is -4.96. The monoisotopic (exact) mass is 267 g/mol. The molecule has 1 aromatic carbocycles. The van der Waals surface area contributed by atoms with Crippen LogP contribution in [0.5, 0.6) is 5.75 Å². The second-order valence-corrected chi connectivity index (χ2v) is 3.66. The van der Waals surface area contributed by atoms with Gasteiger partial charge in [-0.05, 0) is 24.6 Å². The summed E-state index contributed by atoms with van der Waals surface area (Å²) < 4.78 is 41.0. The highest BCUT2D eigenvalue weighted by molar-refractivity contribution is 6.31. The average Bonchev–Trinajstić information content (AvgIpc) is 2.21. The van der Waals surface area contributed by atoms with Crippen LogP contribution in [0.1, 0.15) is 5.56 Å². The van der Waals surface area contributed by atoms with E-state index in [1.54, 1.807) is 12.2 Å². The number of hydrogen-bond acceptors (Lipinski definition) is 2. The number of ether oxygens (including phenoxy) is 1. The predicted octanol–water partition coefficient (Wildman–Crippen LogP) is 3.16. The Morgan fingerprint density at radius 2 is 2.00 bits per heavy atom. The topological polar surface area (TPSA) is 38.3 Å². The fourth-order valence-electron chi connectivity index (χ4n) is 1.11. The zero-order chi connectivity index (χ0) is 13.2. The van der Waals surface area contributed by atoms with Crippen LogP contribution in [0.25, 0.3) is 0 Å². The Bertz CT molecular complexity index is 446. The number of benzene rings is 1. The van der Waals surface area contributed by atoms with Crippen molar-refractivity contribution in [1.82, 2.24) is 0 Å². The summed E-state index contributed by atoms with van der Waals surface area (Å²) in [7, 11) is 1.28. The molecular weight excluding hydrogens is 259 g/mol. The van der Waals surface area contributed by atoms with Gasteiger partial charge in [0.05, 0.1) is 12.8 Å². The van der Waals surface area contributed by atoms with E-state index in [9.17, 15) is 18.0 Å². The number of methoxy groups -OCH3 is 1. The first-order chi connectivity index (χ1) is 7.75. The minimum Gasteiger partial charge on any atom is -0.495 e. The molecule has 1 amide bonds. The van der Waals surface area contributed by atoms with Crippen molar-refractivity contribution in [3.05, 3.63) is 22.7 Å². The van der Waals surface area contributed by atoms with Crippen molar-refractivity contribution in [3.63, 3.8) is 0 Å². The van der Waals surface area contributed by atoms with Crippen LogP contribution in [-0.4, -0.2) is 19.2 Å². The molecule has 3 nitrogen and oxygen atoms in total. The van der Waals surface area contributed by atoms with E-state index in [-0.39, 0.29) is 16.5 Å². The van der Waals surface area contributed by atoms with E-state index < -0.39 is 12.1 Å². The van der Waals surface area contributed by atoms with Gasteiger partial charge in [0, 0.05) is 5.02 Å². The van der Waals surface area contributed by atoms with Gasteiger partial charge >= 0.3 is 12.1 Å². The Morgan fingerprint density at radius 3 is 2.47 bits per heavy atom. The summed E-state index contributed by atoms with van der Waals surface area (Å²) in [5.41, 5.74) is 0.513. The van der Waals surface area contributed by atoms with Crippen molar-refractivity contribution in [1.29, 1.82) is 0 Å². The molecule has 7 heteroatoms. The highest BCUT2D eigenvalue weighted by Crippen LogP contribution is 2.32. The van der Waals surface area contributed by atoms with Crippen molar-refractivity contribution >= 4 is 23.2 Å². The molecule has 0 fully saturated rings. The van der Waals surface area contributed by atoms with Crippen LogP contribution in [-0.2, 0) is 4.79 Å². The molecule has 0 saturated carbocycles. The van der Waals surface area contributed by atoms with Crippen LogP contribution in [0.3, 0.4) is 0 Å². The number of carbonyl (C=O) groups excluding carboxylic acids is 1. The van der Waals surface area contributed by atoms with Gasteiger partial charge in [-0.1, -0.05) is 11.6 Å². The third kappa shape index (κ3) is 3.26. The van der Waals surface area contributed by atoms with Crippen LogP contribution < -0.4 is 10.1 Å². The average molecular weight is 268 g/mol. The molecule has 1 N–H and O–H groups in total. The Morgan fingerprint density at radius 1 is 1.41 bits per heavy atom. The smallest absolute Gasteiger partial charge is 0.471 e. The van der Waals surface area contributed by atoms with Crippen molar-refractivity contribution in [3.8, 4) is 5.75 Å². The van der Waals surface area contributed by atoms with Crippen LogP contribution in [0.2, 0.25) is 5.02 Å². The summed E-state index contributed by atoms with van der Waals surface area (Å²) in [4.78, 5) is 10.8. The van der Waals surface area contributed by atoms with Gasteiger partial charge in [0.2, 0.25) is 0 Å². The van der Waals surface area contributed by atoms with Crippen molar-refractivity contribution < 1.29 is 22.7 Å². The van der Waals surface area contributed by atoms with Crippen LogP contribution >= 0.6 is 11.6 Å². The Balaban J connectivity index is 3.06. The van der Waals surface area contributed by atoms with Gasteiger partial charge in [0.1, 0.15) is 5.75 Å². The lowest BCUT2D eigenvalue weighted by Gasteiger charge is -2.13. The fraction of sp³-hybridized carbons (Fsp3) is 0.300. The van der Waals surface area contributed by atoms with E-state index in [1.807, 2.05) is 0 Å². The van der Waals surface area contributed by atoms with Gasteiger partial charge < -0.3 is 10.1 Å². The lowest BCUT2D eigenvalue weighted by molar-refractivity contribution is -0.167. The van der Waals surface area contributed by atoms with E-state index in [1.165, 1.54) is 19.2 Å². The molecule has 0 aliphatic carbocycles. The van der Waals surface area contributed by atoms with E-state index in [2.05, 4.69) is 0 Å². The first-order valence-electron chi connectivity index (χ1n) is 4.48. The Labute approximate surface area is 101 Å². The molecule has 0 saturated heterocycles. The molecule has 94 valence electrons. The first-order valence-corrected chi connectivity index (χ1v) is 4.86. The number of halogens is 4. The minimum absolute atomic E-state index is 0.115. The zero-order valence-electron chi connectivity index (χ0n) is 8.98. The van der Waals surface area contributed by atoms with Crippen molar-refractivity contribution in [2.45, 2.75) is 13.1 Å². The zero-order valence-corrected chi connectivity index (χ0v) is 9.74. The van der Waals surface area contributed by atoms with Gasteiger partial charge in [-0.25, -0.2) is 0 Å². The lowest BCUT2D eigenvalue weighted by Crippen LogP contribution is -2.30. The Hall–Kier alpha value is -1.43. The normalized spacial score (nSPS) is 11.2. The third-order valence-electron chi connectivity index (χ3n) is 1.99. The number of nitrogens with one attached hydrogen (secondary N) is 1. The van der Waals surface area contributed by atoms with Crippen molar-refractivity contribution in [2.24, 2.45) is 0 Å². The number of aryl methyl sites for hydroxylation is 1. The van der Waals surface area contributed by atoms with Gasteiger partial charge in [0.15, 0.2) is 0 Å². The molecule has 0 atom stereocenters. The maximum atomic E-state index is 12.1. The second kappa shape index (κ2) is 4.83. The van der Waals surface area contributed by atoms with E-state index in [0.717, 1.165) is 0 Å². The molecule has 0 aliphatic heterocycles. The highest BCUT2D eigenvalue weighted by Gasteiger charge is 2.39. The van der Waals surface area contributed by atoms with E-state index in [4.69, 9.17) is 16.3 Å². The highest BCUT2D eigenvalue weighted by atomic mass is 35.5. The summed E-state index contributed by atoms with van der Waals surface area (Å²) >= 11 is 5.75. The number of rotatable bonds is 2.